The Morgan fingerprint density at radius 2 is 2.06 bits per heavy atom. The second-order valence-corrected chi connectivity index (χ2v) is 4.05. The van der Waals surface area contributed by atoms with Crippen LogP contribution in [0.4, 0.5) is 0 Å². The topological polar surface area (TPSA) is 49.7 Å². The third kappa shape index (κ3) is 11.3. The van der Waals surface area contributed by atoms with Crippen molar-refractivity contribution in [1.29, 1.82) is 0 Å². The fourth-order valence-electron chi connectivity index (χ4n) is 1.05. The highest BCUT2D eigenvalue weighted by Crippen LogP contribution is 1.94. The molecule has 0 amide bonds. The Kier molecular flexibility index (Phi) is 11.5. The van der Waals surface area contributed by atoms with E-state index in [1.165, 1.54) is 18.4 Å². The molecule has 0 radical (unpaired) electrons. The Hall–Kier alpha value is -1.19. The third-order valence-corrected chi connectivity index (χ3v) is 2.18. The fraction of sp³-hybridized carbons (Fsp3) is 0.429. The summed E-state index contributed by atoms with van der Waals surface area (Å²) in [4.78, 5) is 14.0. The van der Waals surface area contributed by atoms with Crippen molar-refractivity contribution in [2.75, 3.05) is 13.2 Å². The molecule has 3 nitrogen and oxygen atoms in total. The van der Waals surface area contributed by atoms with E-state index in [0.717, 1.165) is 6.54 Å². The zero-order valence-corrected chi connectivity index (χ0v) is 11.4. The maximum Gasteiger partial charge on any atom is 0.223 e. The predicted octanol–water partition coefficient (Wildman–Crippen LogP) is 3.04. The number of benzene rings is 1. The van der Waals surface area contributed by atoms with Gasteiger partial charge in [-0.1, -0.05) is 43.7 Å². The Morgan fingerprint density at radius 1 is 1.39 bits per heavy atom. The van der Waals surface area contributed by atoms with Crippen LogP contribution in [0.5, 0.6) is 0 Å². The first kappa shape index (κ1) is 16.8. The molecule has 0 atom stereocenters. The zero-order chi connectivity index (χ0) is 13.6. The molecule has 0 aliphatic rings. The van der Waals surface area contributed by atoms with Gasteiger partial charge in [0.25, 0.3) is 0 Å². The van der Waals surface area contributed by atoms with E-state index in [0.29, 0.717) is 0 Å². The lowest BCUT2D eigenvalue weighted by Crippen LogP contribution is -1.88. The summed E-state index contributed by atoms with van der Waals surface area (Å²) in [5.41, 5.74) is 1.19. The molecular formula is C14H20ClNO2. The normalized spacial score (nSPS) is 9.94. The Bertz CT molecular complexity index is 339. The molecule has 0 aliphatic carbocycles. The van der Waals surface area contributed by atoms with Crippen molar-refractivity contribution in [2.45, 2.75) is 26.2 Å². The third-order valence-electron chi connectivity index (χ3n) is 1.99. The van der Waals surface area contributed by atoms with Gasteiger partial charge in [0.1, 0.15) is 0 Å². The van der Waals surface area contributed by atoms with E-state index < -0.39 is 5.24 Å². The summed E-state index contributed by atoms with van der Waals surface area (Å²) < 4.78 is 0. The zero-order valence-electron chi connectivity index (χ0n) is 10.7. The minimum Gasteiger partial charge on any atom is -0.396 e. The first-order valence-corrected chi connectivity index (χ1v) is 6.42. The van der Waals surface area contributed by atoms with E-state index in [1.807, 2.05) is 24.4 Å². The molecule has 0 fully saturated rings. The largest absolute Gasteiger partial charge is 0.396 e. The van der Waals surface area contributed by atoms with Crippen LogP contribution in [-0.2, 0) is 4.79 Å². The van der Waals surface area contributed by atoms with Crippen molar-refractivity contribution in [3.8, 4) is 0 Å². The first-order chi connectivity index (χ1) is 8.70. The van der Waals surface area contributed by atoms with E-state index in [9.17, 15) is 4.79 Å². The minimum absolute atomic E-state index is 0.0571. The van der Waals surface area contributed by atoms with E-state index >= 15 is 0 Å². The van der Waals surface area contributed by atoms with Gasteiger partial charge < -0.3 is 5.11 Å². The van der Waals surface area contributed by atoms with Crippen LogP contribution in [0.25, 0.3) is 0 Å². The van der Waals surface area contributed by atoms with E-state index in [2.05, 4.69) is 24.0 Å². The summed E-state index contributed by atoms with van der Waals surface area (Å²) in [5, 5.41) is 7.44. The smallest absolute Gasteiger partial charge is 0.223 e. The molecular weight excluding hydrogens is 250 g/mol. The van der Waals surface area contributed by atoms with Crippen LogP contribution < -0.4 is 0 Å². The summed E-state index contributed by atoms with van der Waals surface area (Å²) >= 11 is 4.78. The molecule has 1 aromatic rings. The van der Waals surface area contributed by atoms with Gasteiger partial charge in [-0.05, 0) is 23.6 Å². The van der Waals surface area contributed by atoms with Gasteiger partial charge in [-0.25, -0.2) is 0 Å². The van der Waals surface area contributed by atoms with E-state index in [4.69, 9.17) is 16.7 Å². The Balaban J connectivity index is 0.000000411. The van der Waals surface area contributed by atoms with Crippen LogP contribution in [0.15, 0.2) is 35.3 Å². The minimum atomic E-state index is -0.488. The van der Waals surface area contributed by atoms with Crippen molar-refractivity contribution in [2.24, 2.45) is 4.99 Å². The Labute approximate surface area is 114 Å². The molecule has 0 aliphatic heterocycles. The molecule has 0 unspecified atom stereocenters. The molecule has 1 aromatic carbocycles. The number of rotatable bonds is 6. The molecule has 0 saturated carbocycles. The summed E-state index contributed by atoms with van der Waals surface area (Å²) in [6.07, 6.45) is 4.40. The highest BCUT2D eigenvalue weighted by molar-refractivity contribution is 6.63. The van der Waals surface area contributed by atoms with Crippen LogP contribution in [-0.4, -0.2) is 29.7 Å². The summed E-state index contributed by atoms with van der Waals surface area (Å²) in [7, 11) is 0. The second kappa shape index (κ2) is 12.3. The highest BCUT2D eigenvalue weighted by Gasteiger charge is 1.88. The number of nitrogens with zero attached hydrogens (tertiary/aromatic N) is 1. The number of hydrogen-bond acceptors (Lipinski definition) is 3. The van der Waals surface area contributed by atoms with Crippen molar-refractivity contribution < 1.29 is 9.90 Å². The SMILES string of the molecule is CCCCN=Cc1ccccc1.O=C(Cl)CCO. The van der Waals surface area contributed by atoms with Crippen LogP contribution >= 0.6 is 11.6 Å². The van der Waals surface area contributed by atoms with Crippen molar-refractivity contribution in [1.82, 2.24) is 0 Å². The van der Waals surface area contributed by atoms with Gasteiger partial charge in [-0.3, -0.25) is 9.79 Å². The number of carbonyl (C=O) groups is 1. The number of aliphatic hydroxyl groups excluding tert-OH is 1. The predicted molar refractivity (Wildman–Crippen MR) is 76.4 cm³/mol. The summed E-state index contributed by atoms with van der Waals surface area (Å²) in [5.74, 6) is 0. The van der Waals surface area contributed by atoms with Gasteiger partial charge in [0.2, 0.25) is 5.24 Å². The van der Waals surface area contributed by atoms with Gasteiger partial charge in [-0.2, -0.15) is 0 Å². The number of carbonyl (C=O) groups excluding carboxylic acids is 1. The monoisotopic (exact) mass is 269 g/mol. The van der Waals surface area contributed by atoms with Crippen molar-refractivity contribution in [3.63, 3.8) is 0 Å². The lowest BCUT2D eigenvalue weighted by atomic mass is 10.2. The van der Waals surface area contributed by atoms with Gasteiger partial charge in [0.15, 0.2) is 0 Å². The number of halogens is 1. The number of unbranched alkanes of at least 4 members (excludes halogenated alkanes) is 1. The summed E-state index contributed by atoms with van der Waals surface area (Å²) in [6.45, 7) is 2.98. The number of hydrogen-bond donors (Lipinski definition) is 1. The van der Waals surface area contributed by atoms with Gasteiger partial charge >= 0.3 is 0 Å². The van der Waals surface area contributed by atoms with Crippen LogP contribution in [0, 0.1) is 0 Å². The molecule has 1 rings (SSSR count). The van der Waals surface area contributed by atoms with Crippen LogP contribution in [0.1, 0.15) is 31.7 Å². The molecule has 0 aromatic heterocycles. The maximum atomic E-state index is 9.65. The molecule has 0 spiro atoms. The highest BCUT2D eigenvalue weighted by atomic mass is 35.5. The molecule has 0 saturated heterocycles. The molecule has 0 heterocycles. The second-order valence-electron chi connectivity index (χ2n) is 3.63. The van der Waals surface area contributed by atoms with Crippen molar-refractivity contribution in [3.05, 3.63) is 35.9 Å². The Morgan fingerprint density at radius 3 is 2.50 bits per heavy atom. The molecule has 1 N–H and O–H groups in total. The lowest BCUT2D eigenvalue weighted by molar-refractivity contribution is -0.112. The van der Waals surface area contributed by atoms with E-state index in [1.54, 1.807) is 0 Å². The van der Waals surface area contributed by atoms with Gasteiger partial charge in [0, 0.05) is 19.2 Å². The van der Waals surface area contributed by atoms with E-state index in [-0.39, 0.29) is 13.0 Å². The van der Waals surface area contributed by atoms with Crippen LogP contribution in [0.2, 0.25) is 0 Å². The fourth-order valence-corrected chi connectivity index (χ4v) is 1.13. The van der Waals surface area contributed by atoms with Gasteiger partial charge in [-0.15, -0.1) is 0 Å². The van der Waals surface area contributed by atoms with Crippen molar-refractivity contribution >= 4 is 23.1 Å². The molecule has 4 heteroatoms. The average molecular weight is 270 g/mol. The number of aliphatic imine (C=N–C) groups is 1. The average Bonchev–Trinajstić information content (AvgIpc) is 2.37. The summed E-state index contributed by atoms with van der Waals surface area (Å²) in [6, 6.07) is 10.2. The first-order valence-electron chi connectivity index (χ1n) is 6.04. The van der Waals surface area contributed by atoms with Crippen LogP contribution in [0.3, 0.4) is 0 Å². The van der Waals surface area contributed by atoms with Gasteiger partial charge in [0.05, 0.1) is 6.61 Å². The quantitative estimate of drug-likeness (QED) is 0.490. The lowest BCUT2D eigenvalue weighted by Gasteiger charge is -1.91. The molecule has 18 heavy (non-hydrogen) atoms. The molecule has 0 bridgehead atoms. The maximum absolute atomic E-state index is 9.65. The number of aliphatic hydroxyl groups is 1. The standard InChI is InChI=1S/C11H15N.C3H5ClO2/c1-2-3-9-12-10-11-7-5-4-6-8-11;4-3(6)1-2-5/h4-8,10H,2-3,9H2,1H3;5H,1-2H2. The molecule has 100 valence electrons.